The summed E-state index contributed by atoms with van der Waals surface area (Å²) in [4.78, 5) is 4.28. The fourth-order valence-corrected chi connectivity index (χ4v) is 3.17. The molecule has 3 rings (SSSR count). The van der Waals surface area contributed by atoms with Crippen LogP contribution >= 0.6 is 34.5 Å². The van der Waals surface area contributed by atoms with Gasteiger partial charge < -0.3 is 5.32 Å². The molecule has 0 bridgehead atoms. The molecule has 1 N–H and O–H groups in total. The summed E-state index contributed by atoms with van der Waals surface area (Å²) in [6.45, 7) is 0. The number of aromatic nitrogens is 1. The maximum absolute atomic E-state index is 13.1. The molecule has 102 valence electrons. The van der Waals surface area contributed by atoms with Crippen LogP contribution in [0.25, 0.3) is 10.2 Å². The molecule has 7 heteroatoms. The fourth-order valence-electron chi connectivity index (χ4n) is 1.72. The molecule has 0 aliphatic carbocycles. The Morgan fingerprint density at radius 1 is 1.00 bits per heavy atom. The average molecular weight is 331 g/mol. The molecule has 0 fully saturated rings. The Bertz CT molecular complexity index is 781. The summed E-state index contributed by atoms with van der Waals surface area (Å²) in [6, 6.07) is 6.63. The van der Waals surface area contributed by atoms with Gasteiger partial charge in [-0.15, -0.1) is 0 Å². The molecule has 0 amide bonds. The first-order valence-corrected chi connectivity index (χ1v) is 7.08. The number of nitrogens with one attached hydrogen (secondary N) is 1. The van der Waals surface area contributed by atoms with E-state index in [-0.39, 0.29) is 15.9 Å². The van der Waals surface area contributed by atoms with Crippen LogP contribution in [-0.2, 0) is 0 Å². The molecule has 2 nitrogen and oxygen atoms in total. The summed E-state index contributed by atoms with van der Waals surface area (Å²) in [5.41, 5.74) is 1.03. The number of fused-ring (bicyclic) bond motifs is 1. The first-order valence-electron chi connectivity index (χ1n) is 5.50. The summed E-state index contributed by atoms with van der Waals surface area (Å²) in [5.74, 6) is -0.845. The Kier molecular flexibility index (Phi) is 3.50. The molecule has 0 radical (unpaired) electrons. The van der Waals surface area contributed by atoms with Crippen LogP contribution in [0, 0.1) is 11.6 Å². The highest BCUT2D eigenvalue weighted by Crippen LogP contribution is 2.36. The monoisotopic (exact) mass is 330 g/mol. The Hall–Kier alpha value is -1.43. The maximum Gasteiger partial charge on any atom is 0.188 e. The van der Waals surface area contributed by atoms with Crippen molar-refractivity contribution in [2.75, 3.05) is 5.32 Å². The normalized spacial score (nSPS) is 11.0. The van der Waals surface area contributed by atoms with E-state index in [4.69, 9.17) is 23.2 Å². The van der Waals surface area contributed by atoms with E-state index < -0.39 is 5.82 Å². The third kappa shape index (κ3) is 2.57. The number of halogens is 4. The zero-order valence-corrected chi connectivity index (χ0v) is 12.1. The average Bonchev–Trinajstić information content (AvgIpc) is 2.75. The lowest BCUT2D eigenvalue weighted by atomic mass is 10.3. The van der Waals surface area contributed by atoms with Crippen LogP contribution in [0.1, 0.15) is 0 Å². The molecule has 20 heavy (non-hydrogen) atoms. The van der Waals surface area contributed by atoms with Crippen LogP contribution < -0.4 is 5.32 Å². The lowest BCUT2D eigenvalue weighted by Gasteiger charge is -2.07. The van der Waals surface area contributed by atoms with Crippen molar-refractivity contribution in [1.82, 2.24) is 4.98 Å². The second-order valence-corrected chi connectivity index (χ2v) is 5.85. The number of anilines is 2. The number of thiazole rings is 1. The molecule has 0 atom stereocenters. The van der Waals surface area contributed by atoms with E-state index in [0.29, 0.717) is 21.0 Å². The highest BCUT2D eigenvalue weighted by atomic mass is 35.5. The molecule has 1 heterocycles. The van der Waals surface area contributed by atoms with Crippen LogP contribution in [0.2, 0.25) is 10.0 Å². The van der Waals surface area contributed by atoms with Gasteiger partial charge in [-0.25, -0.2) is 13.8 Å². The first kappa shape index (κ1) is 13.5. The Morgan fingerprint density at radius 3 is 2.40 bits per heavy atom. The van der Waals surface area contributed by atoms with Crippen molar-refractivity contribution >= 4 is 55.6 Å². The molecular weight excluding hydrogens is 325 g/mol. The molecule has 1 aromatic heterocycles. The van der Waals surface area contributed by atoms with E-state index in [1.54, 1.807) is 6.07 Å². The SMILES string of the molecule is Fc1cc(Cl)c(Nc2nc3ccc(F)cc3s2)c(Cl)c1. The van der Waals surface area contributed by atoms with Gasteiger partial charge in [0.05, 0.1) is 25.9 Å². The van der Waals surface area contributed by atoms with Crippen LogP contribution in [0.15, 0.2) is 30.3 Å². The molecule has 3 aromatic rings. The summed E-state index contributed by atoms with van der Waals surface area (Å²) in [5, 5.41) is 3.74. The largest absolute Gasteiger partial charge is 0.329 e. The van der Waals surface area contributed by atoms with Crippen molar-refractivity contribution in [2.24, 2.45) is 0 Å². The molecule has 0 aliphatic rings. The van der Waals surface area contributed by atoms with Gasteiger partial charge in [0.15, 0.2) is 5.13 Å². The third-order valence-corrected chi connectivity index (χ3v) is 4.12. The van der Waals surface area contributed by atoms with E-state index in [0.717, 1.165) is 12.1 Å². The Labute approximate surface area is 127 Å². The number of nitrogens with zero attached hydrogens (tertiary/aromatic N) is 1. The molecule has 0 saturated carbocycles. The van der Waals surface area contributed by atoms with Crippen molar-refractivity contribution in [2.45, 2.75) is 0 Å². The first-order chi connectivity index (χ1) is 9.52. The summed E-state index contributed by atoms with van der Waals surface area (Å²) in [6.07, 6.45) is 0. The number of benzene rings is 2. The summed E-state index contributed by atoms with van der Waals surface area (Å²) < 4.78 is 26.9. The minimum absolute atomic E-state index is 0.153. The highest BCUT2D eigenvalue weighted by molar-refractivity contribution is 7.22. The van der Waals surface area contributed by atoms with E-state index in [2.05, 4.69) is 10.3 Å². The lowest BCUT2D eigenvalue weighted by Crippen LogP contribution is -1.92. The van der Waals surface area contributed by atoms with Gasteiger partial charge in [0.2, 0.25) is 0 Å². The van der Waals surface area contributed by atoms with Gasteiger partial charge in [-0.1, -0.05) is 34.5 Å². The molecule has 2 aromatic carbocycles. The quantitative estimate of drug-likeness (QED) is 0.659. The van der Waals surface area contributed by atoms with Gasteiger partial charge in [-0.2, -0.15) is 0 Å². The van der Waals surface area contributed by atoms with Crippen LogP contribution in [0.5, 0.6) is 0 Å². The molecule has 0 unspecified atom stereocenters. The highest BCUT2D eigenvalue weighted by Gasteiger charge is 2.11. The number of rotatable bonds is 2. The zero-order valence-electron chi connectivity index (χ0n) is 9.75. The molecule has 0 spiro atoms. The summed E-state index contributed by atoms with van der Waals surface area (Å²) in [7, 11) is 0. The molecular formula is C13H6Cl2F2N2S. The summed E-state index contributed by atoms with van der Waals surface area (Å²) >= 11 is 13.1. The minimum Gasteiger partial charge on any atom is -0.329 e. The van der Waals surface area contributed by atoms with Gasteiger partial charge in [0.1, 0.15) is 11.6 Å². The molecule has 0 aliphatic heterocycles. The smallest absolute Gasteiger partial charge is 0.188 e. The minimum atomic E-state index is -0.517. The second-order valence-electron chi connectivity index (χ2n) is 4.00. The van der Waals surface area contributed by atoms with Crippen molar-refractivity contribution in [3.8, 4) is 0 Å². The van der Waals surface area contributed by atoms with Crippen molar-refractivity contribution < 1.29 is 8.78 Å². The predicted octanol–water partition coefficient (Wildman–Crippen LogP) is 5.62. The number of hydrogen-bond donors (Lipinski definition) is 1. The van der Waals surface area contributed by atoms with Crippen molar-refractivity contribution in [1.29, 1.82) is 0 Å². The standard InChI is InChI=1S/C13H6Cl2F2N2S/c14-8-3-7(17)4-9(15)12(8)19-13-18-10-2-1-6(16)5-11(10)20-13/h1-5H,(H,18,19). The second kappa shape index (κ2) is 5.16. The maximum atomic E-state index is 13.1. The Balaban J connectivity index is 2.01. The molecule has 0 saturated heterocycles. The van der Waals surface area contributed by atoms with Gasteiger partial charge in [-0.3, -0.25) is 0 Å². The van der Waals surface area contributed by atoms with Gasteiger partial charge >= 0.3 is 0 Å². The van der Waals surface area contributed by atoms with Crippen LogP contribution in [0.3, 0.4) is 0 Å². The number of hydrogen-bond acceptors (Lipinski definition) is 3. The lowest BCUT2D eigenvalue weighted by molar-refractivity contribution is 0.628. The van der Waals surface area contributed by atoms with Crippen molar-refractivity contribution in [3.63, 3.8) is 0 Å². The van der Waals surface area contributed by atoms with Crippen LogP contribution in [-0.4, -0.2) is 4.98 Å². The van der Waals surface area contributed by atoms with Gasteiger partial charge in [-0.05, 0) is 30.3 Å². The van der Waals surface area contributed by atoms with E-state index in [1.807, 2.05) is 0 Å². The van der Waals surface area contributed by atoms with Crippen molar-refractivity contribution in [3.05, 3.63) is 52.0 Å². The van der Waals surface area contributed by atoms with E-state index >= 15 is 0 Å². The Morgan fingerprint density at radius 2 is 1.70 bits per heavy atom. The van der Waals surface area contributed by atoms with Gasteiger partial charge in [0.25, 0.3) is 0 Å². The zero-order chi connectivity index (χ0) is 14.3. The van der Waals surface area contributed by atoms with Crippen LogP contribution in [0.4, 0.5) is 19.6 Å². The predicted molar refractivity (Wildman–Crippen MR) is 79.3 cm³/mol. The fraction of sp³-hybridized carbons (Fsp3) is 0. The van der Waals surface area contributed by atoms with E-state index in [9.17, 15) is 8.78 Å². The van der Waals surface area contributed by atoms with E-state index in [1.165, 1.54) is 23.5 Å². The topological polar surface area (TPSA) is 24.9 Å². The third-order valence-electron chi connectivity index (χ3n) is 2.59. The van der Waals surface area contributed by atoms with Gasteiger partial charge in [0, 0.05) is 0 Å².